The molecule has 0 aliphatic heterocycles. The van der Waals surface area contributed by atoms with Crippen LogP contribution in [0.25, 0.3) is 0 Å². The molecule has 12 heavy (non-hydrogen) atoms. The molecular formula is C10H22O2. The quantitative estimate of drug-likeness (QED) is 0.665. The molecule has 1 N–H and O–H groups in total. The Morgan fingerprint density at radius 1 is 1.00 bits per heavy atom. The van der Waals surface area contributed by atoms with E-state index in [1.54, 1.807) is 7.11 Å². The SMILES string of the molecule is C1CCCCC1.COCCCO. The van der Waals surface area contributed by atoms with E-state index < -0.39 is 0 Å². The van der Waals surface area contributed by atoms with Crippen LogP contribution in [0.5, 0.6) is 0 Å². The zero-order valence-corrected chi connectivity index (χ0v) is 8.22. The molecule has 1 saturated carbocycles. The molecule has 2 heteroatoms. The lowest BCUT2D eigenvalue weighted by Gasteiger charge is -2.05. The minimum absolute atomic E-state index is 0.230. The van der Waals surface area contributed by atoms with Crippen LogP contribution < -0.4 is 0 Å². The van der Waals surface area contributed by atoms with Gasteiger partial charge < -0.3 is 9.84 Å². The highest BCUT2D eigenvalue weighted by Crippen LogP contribution is 2.15. The van der Waals surface area contributed by atoms with Crippen molar-refractivity contribution in [3.05, 3.63) is 0 Å². The average molecular weight is 174 g/mol. The van der Waals surface area contributed by atoms with Gasteiger partial charge in [0.15, 0.2) is 0 Å². The maximum atomic E-state index is 8.12. The van der Waals surface area contributed by atoms with Gasteiger partial charge in [-0.05, 0) is 6.42 Å². The van der Waals surface area contributed by atoms with Gasteiger partial charge in [0.05, 0.1) is 0 Å². The molecule has 0 unspecified atom stereocenters. The fourth-order valence-corrected chi connectivity index (χ4v) is 1.27. The van der Waals surface area contributed by atoms with E-state index in [1.165, 1.54) is 38.5 Å². The van der Waals surface area contributed by atoms with Crippen LogP contribution in [-0.2, 0) is 4.74 Å². The summed E-state index contributed by atoms with van der Waals surface area (Å²) in [6.45, 7) is 0.893. The summed E-state index contributed by atoms with van der Waals surface area (Å²) < 4.78 is 4.62. The van der Waals surface area contributed by atoms with Crippen molar-refractivity contribution in [1.82, 2.24) is 0 Å². The third kappa shape index (κ3) is 9.92. The van der Waals surface area contributed by atoms with E-state index in [1.807, 2.05) is 0 Å². The van der Waals surface area contributed by atoms with Gasteiger partial charge in [-0.15, -0.1) is 0 Å². The summed E-state index contributed by atoms with van der Waals surface area (Å²) in [5.74, 6) is 0. The van der Waals surface area contributed by atoms with Crippen molar-refractivity contribution in [3.8, 4) is 0 Å². The van der Waals surface area contributed by atoms with Crippen LogP contribution in [0.2, 0.25) is 0 Å². The zero-order chi connectivity index (χ0) is 9.07. The predicted molar refractivity (Wildman–Crippen MR) is 51.3 cm³/mol. The Labute approximate surface area is 75.9 Å². The number of hydrogen-bond acceptors (Lipinski definition) is 2. The van der Waals surface area contributed by atoms with Crippen LogP contribution >= 0.6 is 0 Å². The molecule has 74 valence electrons. The molecule has 0 spiro atoms. The Morgan fingerprint density at radius 2 is 1.42 bits per heavy atom. The van der Waals surface area contributed by atoms with Crippen LogP contribution in [0, 0.1) is 0 Å². The van der Waals surface area contributed by atoms with Gasteiger partial charge in [0, 0.05) is 20.3 Å². The van der Waals surface area contributed by atoms with Gasteiger partial charge in [0.2, 0.25) is 0 Å². The Balaban J connectivity index is 0.000000202. The van der Waals surface area contributed by atoms with Crippen molar-refractivity contribution in [3.63, 3.8) is 0 Å². The van der Waals surface area contributed by atoms with Gasteiger partial charge in [0.1, 0.15) is 0 Å². The Morgan fingerprint density at radius 3 is 1.58 bits per heavy atom. The number of ether oxygens (including phenoxy) is 1. The summed E-state index contributed by atoms with van der Waals surface area (Å²) in [7, 11) is 1.62. The van der Waals surface area contributed by atoms with Gasteiger partial charge in [0.25, 0.3) is 0 Å². The molecule has 0 saturated heterocycles. The molecule has 0 atom stereocenters. The summed E-state index contributed by atoms with van der Waals surface area (Å²) in [5, 5.41) is 8.12. The van der Waals surface area contributed by atoms with Crippen molar-refractivity contribution < 1.29 is 9.84 Å². The zero-order valence-electron chi connectivity index (χ0n) is 8.22. The Hall–Kier alpha value is -0.0800. The van der Waals surface area contributed by atoms with E-state index in [-0.39, 0.29) is 6.61 Å². The highest BCUT2D eigenvalue weighted by molar-refractivity contribution is 4.51. The summed E-state index contributed by atoms with van der Waals surface area (Å²) in [6, 6.07) is 0. The van der Waals surface area contributed by atoms with Crippen molar-refractivity contribution in [2.24, 2.45) is 0 Å². The minimum Gasteiger partial charge on any atom is -0.396 e. The molecule has 0 aromatic rings. The second-order valence-electron chi connectivity index (χ2n) is 3.19. The van der Waals surface area contributed by atoms with Crippen LogP contribution in [0.4, 0.5) is 0 Å². The fraction of sp³-hybridized carbons (Fsp3) is 1.00. The normalized spacial score (nSPS) is 16.5. The van der Waals surface area contributed by atoms with E-state index in [0.717, 1.165) is 6.42 Å². The molecule has 1 fully saturated rings. The van der Waals surface area contributed by atoms with Crippen LogP contribution in [0.1, 0.15) is 44.9 Å². The predicted octanol–water partition coefficient (Wildman–Crippen LogP) is 2.36. The van der Waals surface area contributed by atoms with Crippen LogP contribution in [0.15, 0.2) is 0 Å². The van der Waals surface area contributed by atoms with E-state index in [4.69, 9.17) is 5.11 Å². The number of rotatable bonds is 3. The maximum Gasteiger partial charge on any atom is 0.0484 e. The van der Waals surface area contributed by atoms with Crippen molar-refractivity contribution in [2.45, 2.75) is 44.9 Å². The lowest BCUT2D eigenvalue weighted by molar-refractivity contribution is 0.166. The molecule has 1 aliphatic carbocycles. The topological polar surface area (TPSA) is 29.5 Å². The van der Waals surface area contributed by atoms with Gasteiger partial charge in [-0.2, -0.15) is 0 Å². The van der Waals surface area contributed by atoms with E-state index in [0.29, 0.717) is 6.61 Å². The number of methoxy groups -OCH3 is 1. The molecule has 2 nitrogen and oxygen atoms in total. The van der Waals surface area contributed by atoms with E-state index in [2.05, 4.69) is 4.74 Å². The third-order valence-corrected chi connectivity index (χ3v) is 2.01. The molecule has 0 aromatic carbocycles. The summed E-state index contributed by atoms with van der Waals surface area (Å²) >= 11 is 0. The first-order valence-electron chi connectivity index (χ1n) is 5.01. The van der Waals surface area contributed by atoms with Gasteiger partial charge in [-0.3, -0.25) is 0 Å². The minimum atomic E-state index is 0.230. The standard InChI is InChI=1S/C6H12.C4H10O2/c1-2-4-6-5-3-1;1-6-4-2-3-5/h1-6H2;5H,2-4H2,1H3. The molecule has 0 aromatic heterocycles. The number of aliphatic hydroxyl groups excluding tert-OH is 1. The highest BCUT2D eigenvalue weighted by Gasteiger charge is 1.95. The first-order chi connectivity index (χ1) is 5.91. The smallest absolute Gasteiger partial charge is 0.0484 e. The molecule has 1 aliphatic rings. The molecule has 0 radical (unpaired) electrons. The van der Waals surface area contributed by atoms with Crippen LogP contribution in [0.3, 0.4) is 0 Å². The molecule has 1 rings (SSSR count). The van der Waals surface area contributed by atoms with Gasteiger partial charge >= 0.3 is 0 Å². The van der Waals surface area contributed by atoms with Crippen molar-refractivity contribution in [1.29, 1.82) is 0 Å². The molecule has 0 bridgehead atoms. The van der Waals surface area contributed by atoms with Crippen molar-refractivity contribution in [2.75, 3.05) is 20.3 Å². The molecule has 0 heterocycles. The summed E-state index contributed by atoms with van der Waals surface area (Å²) in [6.07, 6.45) is 9.75. The summed E-state index contributed by atoms with van der Waals surface area (Å²) in [5.41, 5.74) is 0. The average Bonchev–Trinajstić information content (AvgIpc) is 2.18. The first-order valence-corrected chi connectivity index (χ1v) is 5.01. The first kappa shape index (κ1) is 11.9. The molecule has 0 amide bonds. The largest absolute Gasteiger partial charge is 0.396 e. The van der Waals surface area contributed by atoms with Crippen LogP contribution in [-0.4, -0.2) is 25.4 Å². The second-order valence-corrected chi connectivity index (χ2v) is 3.19. The summed E-state index contributed by atoms with van der Waals surface area (Å²) in [4.78, 5) is 0. The second kappa shape index (κ2) is 10.9. The third-order valence-electron chi connectivity index (χ3n) is 2.01. The molecular weight excluding hydrogens is 152 g/mol. The number of aliphatic hydroxyl groups is 1. The maximum absolute atomic E-state index is 8.12. The monoisotopic (exact) mass is 174 g/mol. The van der Waals surface area contributed by atoms with Gasteiger partial charge in [-0.1, -0.05) is 38.5 Å². The Bertz CT molecular complexity index is 54.7. The van der Waals surface area contributed by atoms with E-state index >= 15 is 0 Å². The van der Waals surface area contributed by atoms with Crippen molar-refractivity contribution >= 4 is 0 Å². The number of hydrogen-bond donors (Lipinski definition) is 1. The lowest BCUT2D eigenvalue weighted by Crippen LogP contribution is -1.90. The van der Waals surface area contributed by atoms with Gasteiger partial charge in [-0.25, -0.2) is 0 Å². The van der Waals surface area contributed by atoms with E-state index in [9.17, 15) is 0 Å². The fourth-order valence-electron chi connectivity index (χ4n) is 1.27. The Kier molecular flexibility index (Phi) is 10.8. The lowest BCUT2D eigenvalue weighted by atomic mass is 10.0. The highest BCUT2D eigenvalue weighted by atomic mass is 16.5.